The van der Waals surface area contributed by atoms with Gasteiger partial charge < -0.3 is 4.74 Å². The van der Waals surface area contributed by atoms with E-state index in [0.29, 0.717) is 16.5 Å². The number of hydrogen-bond donors (Lipinski definition) is 2. The molecule has 1 unspecified atom stereocenters. The van der Waals surface area contributed by atoms with Gasteiger partial charge in [0.2, 0.25) is 10.7 Å². The van der Waals surface area contributed by atoms with Crippen LogP contribution in [0.15, 0.2) is 48.5 Å². The fourth-order valence-corrected chi connectivity index (χ4v) is 3.37. The van der Waals surface area contributed by atoms with Crippen LogP contribution in [0.4, 0.5) is 0 Å². The number of carbonyl (C=O) groups excluding carboxylic acids is 1. The van der Waals surface area contributed by atoms with Crippen LogP contribution in [-0.4, -0.2) is 20.8 Å². The number of aromatic nitrogens is 3. The van der Waals surface area contributed by atoms with Gasteiger partial charge >= 0.3 is 0 Å². The van der Waals surface area contributed by atoms with Crippen LogP contribution in [0, 0.1) is 17.6 Å². The van der Waals surface area contributed by atoms with Gasteiger partial charge in [0.25, 0.3) is 0 Å². The highest BCUT2D eigenvalue weighted by Crippen LogP contribution is 2.19. The van der Waals surface area contributed by atoms with Gasteiger partial charge in [-0.1, -0.05) is 56.3 Å². The zero-order valence-corrected chi connectivity index (χ0v) is 18.6. The van der Waals surface area contributed by atoms with Crippen LogP contribution in [0.2, 0.25) is 0 Å². The van der Waals surface area contributed by atoms with Crippen molar-refractivity contribution < 1.29 is 9.53 Å². The third-order valence-corrected chi connectivity index (χ3v) is 5.20. The zero-order valence-electron chi connectivity index (χ0n) is 17.8. The molecule has 1 aromatic heterocycles. The van der Waals surface area contributed by atoms with Gasteiger partial charge in [-0.2, -0.15) is 5.10 Å². The topological polar surface area (TPSA) is 71.9 Å². The van der Waals surface area contributed by atoms with E-state index in [9.17, 15) is 4.79 Å². The van der Waals surface area contributed by atoms with Crippen LogP contribution in [-0.2, 0) is 17.8 Å². The standard InChI is InChI=1S/C23H28N4O2S/c1-15(2)13-18-9-11-19(12-10-18)17(4)22(28)26-27-21(24-25-23(27)30)14-29-20-8-6-5-7-16(20)3/h5-12,15,17H,13-14H2,1-4H3,(H,25,30)(H,26,28). The van der Waals surface area contributed by atoms with Crippen molar-refractivity contribution in [2.45, 2.75) is 46.6 Å². The molecule has 0 bridgehead atoms. The van der Waals surface area contributed by atoms with Crippen LogP contribution in [0.5, 0.6) is 5.75 Å². The minimum absolute atomic E-state index is 0.166. The van der Waals surface area contributed by atoms with Crippen molar-refractivity contribution in [3.8, 4) is 5.75 Å². The second-order valence-electron chi connectivity index (χ2n) is 7.87. The average Bonchev–Trinajstić information content (AvgIpc) is 3.06. The summed E-state index contributed by atoms with van der Waals surface area (Å²) in [7, 11) is 0. The first-order chi connectivity index (χ1) is 14.3. The molecule has 0 fully saturated rings. The highest BCUT2D eigenvalue weighted by molar-refractivity contribution is 7.71. The summed E-state index contributed by atoms with van der Waals surface area (Å²) >= 11 is 5.28. The van der Waals surface area contributed by atoms with Crippen molar-refractivity contribution in [3.63, 3.8) is 0 Å². The Morgan fingerprint density at radius 2 is 1.87 bits per heavy atom. The molecule has 0 saturated heterocycles. The van der Waals surface area contributed by atoms with Crippen molar-refractivity contribution >= 4 is 18.1 Å². The Morgan fingerprint density at radius 1 is 1.17 bits per heavy atom. The lowest BCUT2D eigenvalue weighted by Crippen LogP contribution is -2.29. The quantitative estimate of drug-likeness (QED) is 0.505. The summed E-state index contributed by atoms with van der Waals surface area (Å²) in [6.07, 6.45) is 1.02. The molecular weight excluding hydrogens is 396 g/mol. The second-order valence-corrected chi connectivity index (χ2v) is 8.26. The fourth-order valence-electron chi connectivity index (χ4n) is 3.17. The molecule has 2 N–H and O–H groups in total. The average molecular weight is 425 g/mol. The molecule has 158 valence electrons. The van der Waals surface area contributed by atoms with Gasteiger partial charge in [0.05, 0.1) is 5.92 Å². The molecule has 30 heavy (non-hydrogen) atoms. The first-order valence-electron chi connectivity index (χ1n) is 10.1. The molecule has 1 heterocycles. The van der Waals surface area contributed by atoms with Gasteiger partial charge in [-0.3, -0.25) is 15.3 Å². The number of amides is 1. The number of aryl methyl sites for hydroxylation is 1. The third kappa shape index (κ3) is 5.36. The molecule has 0 saturated carbocycles. The number of para-hydroxylation sites is 1. The van der Waals surface area contributed by atoms with Crippen LogP contribution in [0.3, 0.4) is 0 Å². The van der Waals surface area contributed by atoms with E-state index in [1.54, 1.807) is 0 Å². The van der Waals surface area contributed by atoms with E-state index < -0.39 is 0 Å². The Hall–Kier alpha value is -2.93. The minimum atomic E-state index is -0.333. The Balaban J connectivity index is 1.68. The van der Waals surface area contributed by atoms with Crippen molar-refractivity contribution in [3.05, 3.63) is 75.8 Å². The number of aromatic amines is 1. The number of benzene rings is 2. The summed E-state index contributed by atoms with van der Waals surface area (Å²) in [5.41, 5.74) is 6.10. The molecule has 1 atom stereocenters. The lowest BCUT2D eigenvalue weighted by atomic mass is 9.96. The Morgan fingerprint density at radius 3 is 2.53 bits per heavy atom. The van der Waals surface area contributed by atoms with Crippen LogP contribution < -0.4 is 10.2 Å². The monoisotopic (exact) mass is 424 g/mol. The number of nitrogens with one attached hydrogen (secondary N) is 2. The maximum Gasteiger partial charge on any atom is 0.246 e. The number of ether oxygens (including phenoxy) is 1. The van der Waals surface area contributed by atoms with E-state index in [0.717, 1.165) is 23.3 Å². The van der Waals surface area contributed by atoms with E-state index in [2.05, 4.69) is 41.6 Å². The van der Waals surface area contributed by atoms with E-state index >= 15 is 0 Å². The molecule has 0 spiro atoms. The first-order valence-corrected chi connectivity index (χ1v) is 10.5. The molecule has 0 aliphatic carbocycles. The maximum atomic E-state index is 12.8. The number of nitrogens with zero attached hydrogens (tertiary/aromatic N) is 2. The summed E-state index contributed by atoms with van der Waals surface area (Å²) in [5.74, 6) is 1.36. The number of rotatable bonds is 8. The lowest BCUT2D eigenvalue weighted by Gasteiger charge is -2.15. The highest BCUT2D eigenvalue weighted by Gasteiger charge is 2.18. The molecule has 3 aromatic rings. The molecule has 2 aromatic carbocycles. The maximum absolute atomic E-state index is 12.8. The SMILES string of the molecule is Cc1ccccc1OCc1n[nH]c(=S)n1NC(=O)C(C)c1ccc(CC(C)C)cc1. The van der Waals surface area contributed by atoms with Gasteiger partial charge in [0.1, 0.15) is 12.4 Å². The molecule has 0 aliphatic heterocycles. The van der Waals surface area contributed by atoms with Crippen LogP contribution in [0.25, 0.3) is 0 Å². The fraction of sp³-hybridized carbons (Fsp3) is 0.348. The normalized spacial score (nSPS) is 12.0. The lowest BCUT2D eigenvalue weighted by molar-refractivity contribution is -0.118. The Bertz CT molecular complexity index is 1050. The van der Waals surface area contributed by atoms with Crippen molar-refractivity contribution in [1.29, 1.82) is 0 Å². The second kappa shape index (κ2) is 9.71. The van der Waals surface area contributed by atoms with Crippen LogP contribution >= 0.6 is 12.2 Å². The molecular formula is C23H28N4O2S. The summed E-state index contributed by atoms with van der Waals surface area (Å²) in [5, 5.41) is 6.91. The Kier molecular flexibility index (Phi) is 7.05. The smallest absolute Gasteiger partial charge is 0.246 e. The van der Waals surface area contributed by atoms with E-state index in [1.165, 1.54) is 10.2 Å². The predicted molar refractivity (Wildman–Crippen MR) is 121 cm³/mol. The summed E-state index contributed by atoms with van der Waals surface area (Å²) in [4.78, 5) is 12.8. The van der Waals surface area contributed by atoms with E-state index in [4.69, 9.17) is 17.0 Å². The van der Waals surface area contributed by atoms with Gasteiger partial charge in [0.15, 0.2) is 5.82 Å². The predicted octanol–water partition coefficient (Wildman–Crippen LogP) is 4.90. The van der Waals surface area contributed by atoms with Crippen molar-refractivity contribution in [2.75, 3.05) is 5.43 Å². The summed E-state index contributed by atoms with van der Waals surface area (Å²) in [6.45, 7) is 8.41. The molecule has 0 radical (unpaired) electrons. The largest absolute Gasteiger partial charge is 0.485 e. The van der Waals surface area contributed by atoms with Crippen molar-refractivity contribution in [1.82, 2.24) is 14.9 Å². The summed E-state index contributed by atoms with van der Waals surface area (Å²) in [6, 6.07) is 15.9. The third-order valence-electron chi connectivity index (χ3n) is 4.93. The Labute approximate surface area is 182 Å². The number of hydrogen-bond acceptors (Lipinski definition) is 4. The van der Waals surface area contributed by atoms with E-state index in [1.807, 2.05) is 50.2 Å². The van der Waals surface area contributed by atoms with Crippen LogP contribution in [0.1, 0.15) is 49.2 Å². The first kappa shape index (κ1) is 21.8. The highest BCUT2D eigenvalue weighted by atomic mass is 32.1. The molecule has 6 nitrogen and oxygen atoms in total. The molecule has 0 aliphatic rings. The summed E-state index contributed by atoms with van der Waals surface area (Å²) < 4.78 is 7.63. The van der Waals surface area contributed by atoms with Gasteiger partial charge in [0, 0.05) is 0 Å². The number of carbonyl (C=O) groups is 1. The molecule has 1 amide bonds. The van der Waals surface area contributed by atoms with Gasteiger partial charge in [-0.25, -0.2) is 4.68 Å². The van der Waals surface area contributed by atoms with Gasteiger partial charge in [-0.15, -0.1) is 0 Å². The van der Waals surface area contributed by atoms with Crippen molar-refractivity contribution in [2.24, 2.45) is 5.92 Å². The van der Waals surface area contributed by atoms with E-state index in [-0.39, 0.29) is 18.4 Å². The molecule has 7 heteroatoms. The van der Waals surface area contributed by atoms with Gasteiger partial charge in [-0.05, 0) is 61.2 Å². The zero-order chi connectivity index (χ0) is 21.7. The number of H-pyrrole nitrogens is 1. The minimum Gasteiger partial charge on any atom is -0.485 e. The molecule has 3 rings (SSSR count).